The molecule has 16 nitrogen and oxygen atoms in total. The first-order chi connectivity index (χ1) is 33.3. The van der Waals surface area contributed by atoms with E-state index in [0.29, 0.717) is 46.7 Å². The third-order valence-electron chi connectivity index (χ3n) is 16.1. The summed E-state index contributed by atoms with van der Waals surface area (Å²) in [6.45, 7) is 14.3. The Morgan fingerprint density at radius 2 is 1.52 bits per heavy atom. The first-order valence-electron chi connectivity index (χ1n) is 25.4. The predicted molar refractivity (Wildman–Crippen MR) is 266 cm³/mol. The van der Waals surface area contributed by atoms with Crippen LogP contribution in [-0.4, -0.2) is 166 Å². The number of aromatic nitrogens is 2. The number of phenolic OH excluding ortho intramolecular Hbond substituents is 1. The van der Waals surface area contributed by atoms with Crippen molar-refractivity contribution in [2.24, 2.45) is 11.3 Å². The number of nitrogens with one attached hydrogen (secondary N) is 3. The van der Waals surface area contributed by atoms with E-state index >= 15 is 0 Å². The van der Waals surface area contributed by atoms with Crippen molar-refractivity contribution in [1.29, 1.82) is 0 Å². The van der Waals surface area contributed by atoms with Crippen LogP contribution in [-0.2, 0) is 20.9 Å². The second kappa shape index (κ2) is 20.9. The normalized spacial score (nSPS) is 25.7. The number of piperidine rings is 2. The molecule has 5 N–H and O–H groups in total. The van der Waals surface area contributed by atoms with Crippen molar-refractivity contribution in [1.82, 2.24) is 40.4 Å². The number of ether oxygens (including phenoxy) is 1. The molecule has 0 spiro atoms. The van der Waals surface area contributed by atoms with Gasteiger partial charge in [0, 0.05) is 86.4 Å². The molecule has 1 saturated carbocycles. The van der Waals surface area contributed by atoms with Gasteiger partial charge in [-0.1, -0.05) is 44.9 Å². The number of para-hydroxylation sites is 1. The van der Waals surface area contributed by atoms with Gasteiger partial charge in [-0.15, -0.1) is 16.6 Å². The smallest absolute Gasteiger partial charge is 0.246 e. The number of aliphatic hydroxyl groups is 1. The molecule has 1 aromatic heterocycles. The number of phenols is 1. The molecule has 4 saturated heterocycles. The summed E-state index contributed by atoms with van der Waals surface area (Å²) in [6, 6.07) is 15.0. The zero-order valence-electron chi connectivity index (χ0n) is 40.9. The summed E-state index contributed by atoms with van der Waals surface area (Å²) < 4.78 is 5.48. The number of fused-ring (bicyclic) bond motifs is 3. The molecule has 370 valence electrons. The average Bonchev–Trinajstić information content (AvgIpc) is 3.78. The Morgan fingerprint density at radius 3 is 2.19 bits per heavy atom. The molecule has 3 aromatic rings. The summed E-state index contributed by atoms with van der Waals surface area (Å²) in [5, 5.41) is 39.7. The van der Waals surface area contributed by atoms with E-state index in [0.717, 1.165) is 95.1 Å². The predicted octanol–water partition coefficient (Wildman–Crippen LogP) is 4.05. The fourth-order valence-electron chi connectivity index (χ4n) is 12.1. The number of hydrogen-bond donors (Lipinski definition) is 5. The molecule has 5 aliphatic heterocycles. The lowest BCUT2D eigenvalue weighted by Gasteiger charge is -2.50. The number of amides is 3. The summed E-state index contributed by atoms with van der Waals surface area (Å²) >= 11 is 0. The number of piperazine rings is 1. The van der Waals surface area contributed by atoms with Gasteiger partial charge in [0.25, 0.3) is 0 Å². The van der Waals surface area contributed by atoms with Gasteiger partial charge >= 0.3 is 0 Å². The Bertz CT molecular complexity index is 2360. The molecule has 4 atom stereocenters. The van der Waals surface area contributed by atoms with Crippen LogP contribution in [0, 0.1) is 23.7 Å². The van der Waals surface area contributed by atoms with Crippen LogP contribution in [0.5, 0.6) is 11.5 Å². The van der Waals surface area contributed by atoms with Gasteiger partial charge in [-0.3, -0.25) is 19.3 Å². The Labute approximate surface area is 407 Å². The van der Waals surface area contributed by atoms with Crippen LogP contribution in [0.3, 0.4) is 0 Å². The second-order valence-electron chi connectivity index (χ2n) is 21.3. The van der Waals surface area contributed by atoms with E-state index in [9.17, 15) is 24.6 Å². The molecule has 9 rings (SSSR count). The lowest BCUT2D eigenvalue weighted by atomic mass is 9.82. The van der Waals surface area contributed by atoms with Crippen molar-refractivity contribution in [3.05, 3.63) is 59.7 Å². The van der Waals surface area contributed by atoms with Gasteiger partial charge < -0.3 is 50.5 Å². The number of anilines is 2. The van der Waals surface area contributed by atoms with Crippen LogP contribution in [0.2, 0.25) is 0 Å². The largest absolute Gasteiger partial charge is 0.507 e. The van der Waals surface area contributed by atoms with Gasteiger partial charge in [-0.2, -0.15) is 0 Å². The summed E-state index contributed by atoms with van der Waals surface area (Å²) in [5.74, 6) is 3.15. The van der Waals surface area contributed by atoms with Gasteiger partial charge in [0.2, 0.25) is 17.7 Å². The van der Waals surface area contributed by atoms with Gasteiger partial charge in [0.15, 0.2) is 5.82 Å². The molecule has 16 heteroatoms. The van der Waals surface area contributed by atoms with E-state index in [1.807, 2.05) is 39.0 Å². The van der Waals surface area contributed by atoms with Gasteiger partial charge in [0.05, 0.1) is 30.6 Å². The van der Waals surface area contributed by atoms with Crippen molar-refractivity contribution < 1.29 is 29.3 Å². The minimum Gasteiger partial charge on any atom is -0.507 e. The minimum atomic E-state index is -0.872. The average molecular weight is 945 g/mol. The molecular formula is C53H72N10O6. The Hall–Kier alpha value is -5.47. The van der Waals surface area contributed by atoms with Crippen LogP contribution in [0.1, 0.15) is 89.7 Å². The highest BCUT2D eigenvalue weighted by Crippen LogP contribution is 2.38. The molecular weight excluding hydrogens is 873 g/mol. The monoisotopic (exact) mass is 945 g/mol. The van der Waals surface area contributed by atoms with Crippen LogP contribution in [0.15, 0.2) is 48.5 Å². The Kier molecular flexibility index (Phi) is 14.7. The molecule has 1 aliphatic carbocycles. The molecule has 6 heterocycles. The summed E-state index contributed by atoms with van der Waals surface area (Å²) in [4.78, 5) is 53.9. The van der Waals surface area contributed by atoms with Crippen LogP contribution in [0.25, 0.3) is 11.3 Å². The first kappa shape index (κ1) is 48.5. The number of terminal acetylenes is 1. The highest BCUT2D eigenvalue weighted by molar-refractivity contribution is 5.93. The van der Waals surface area contributed by atoms with Crippen molar-refractivity contribution in [3.8, 4) is 35.1 Å². The van der Waals surface area contributed by atoms with Crippen molar-refractivity contribution in [2.75, 3.05) is 76.2 Å². The number of aliphatic hydroxyl groups excluding tert-OH is 1. The number of methoxy groups -OCH3 is 1. The maximum absolute atomic E-state index is 14.3. The highest BCUT2D eigenvalue weighted by Gasteiger charge is 2.46. The van der Waals surface area contributed by atoms with E-state index in [2.05, 4.69) is 57.7 Å². The maximum Gasteiger partial charge on any atom is 0.246 e. The number of likely N-dealkylation sites (tertiary alicyclic amines) is 3. The number of β-amino-alcohol motifs (C(OH)–C–C–N with tert-alkyl or cyclic N) is 1. The number of carbonyl (C=O) groups excluding carboxylic acids is 3. The van der Waals surface area contributed by atoms with E-state index in [1.54, 1.807) is 31.4 Å². The number of benzene rings is 2. The standard InChI is InChI=1S/C53H72N10O6/c1-6-34-11-12-36(47(27-34)69-5)30-55-51(67)45-28-41(64)33-63(45)52(68)48(53(2,3)4)56-50(66)35-13-15-37(16-14-35)59-21-17-38(18-22-59)60-23-19-39(20-24-60)61-25-26-62-40(32-61)31-54-49-44(62)29-43(57-58-49)42-9-7-8-10-46(42)65/h1,7-12,27,29,35,37-41,45,48,64-65H,13-26,28,30-33H2,2-5H3,(H,54,58)(H,55,67)(H,56,66)/t35?,37?,40-,41+,45-,48+/m0/s1. The van der Waals surface area contributed by atoms with Gasteiger partial charge in [0.1, 0.15) is 23.6 Å². The van der Waals surface area contributed by atoms with Crippen molar-refractivity contribution in [3.63, 3.8) is 0 Å². The Morgan fingerprint density at radius 1 is 0.841 bits per heavy atom. The fraction of sp³-hybridized carbons (Fsp3) is 0.604. The van der Waals surface area contributed by atoms with Gasteiger partial charge in [-0.05, 0) is 113 Å². The summed E-state index contributed by atoms with van der Waals surface area (Å²) in [6.07, 6.45) is 13.0. The number of aromatic hydroxyl groups is 1. The lowest BCUT2D eigenvalue weighted by molar-refractivity contribution is -0.144. The SMILES string of the molecule is C#Cc1ccc(CNC(=O)[C@@H]2C[C@@H](O)CN2C(=O)[C@@H](NC(=O)C2CCC(N3CCC(N4CCC(N5CCN6c7cc(-c8ccccc8O)nnc7NC[C@H]6C5)CC4)CC3)CC2)C(C)(C)C)c(OC)c1. The van der Waals surface area contributed by atoms with E-state index in [1.165, 1.54) is 30.6 Å². The molecule has 0 unspecified atom stereocenters. The molecule has 0 bridgehead atoms. The van der Waals surface area contributed by atoms with Crippen LogP contribution >= 0.6 is 0 Å². The molecule has 2 aromatic carbocycles. The van der Waals surface area contributed by atoms with E-state index < -0.39 is 23.6 Å². The Balaban J connectivity index is 0.709. The summed E-state index contributed by atoms with van der Waals surface area (Å²) in [7, 11) is 1.54. The zero-order chi connectivity index (χ0) is 48.4. The summed E-state index contributed by atoms with van der Waals surface area (Å²) in [5.41, 5.74) is 3.23. The quantitative estimate of drug-likeness (QED) is 0.174. The molecule has 6 aliphatic rings. The minimum absolute atomic E-state index is 0.0222. The number of nitrogens with zero attached hydrogens (tertiary/aromatic N) is 7. The molecule has 69 heavy (non-hydrogen) atoms. The molecule has 5 fully saturated rings. The van der Waals surface area contributed by atoms with Crippen molar-refractivity contribution >= 4 is 29.2 Å². The molecule has 0 radical (unpaired) electrons. The van der Waals surface area contributed by atoms with E-state index in [-0.39, 0.29) is 48.9 Å². The number of carbonyl (C=O) groups is 3. The fourth-order valence-corrected chi connectivity index (χ4v) is 12.1. The topological polar surface area (TPSA) is 179 Å². The number of rotatable bonds is 11. The van der Waals surface area contributed by atoms with Crippen LogP contribution < -0.4 is 25.6 Å². The third kappa shape index (κ3) is 10.7. The third-order valence-corrected chi connectivity index (χ3v) is 16.1. The highest BCUT2D eigenvalue weighted by atomic mass is 16.5. The zero-order valence-corrected chi connectivity index (χ0v) is 40.9. The van der Waals surface area contributed by atoms with Crippen molar-refractivity contribution in [2.45, 2.75) is 127 Å². The maximum atomic E-state index is 14.3. The first-order valence-corrected chi connectivity index (χ1v) is 25.4. The van der Waals surface area contributed by atoms with Gasteiger partial charge in [-0.25, -0.2) is 0 Å². The van der Waals surface area contributed by atoms with E-state index in [4.69, 9.17) is 11.2 Å². The van der Waals surface area contributed by atoms with Crippen LogP contribution in [0.4, 0.5) is 11.5 Å². The molecule has 3 amide bonds. The lowest BCUT2D eigenvalue weighted by Crippen LogP contribution is -2.61. The number of hydrogen-bond acceptors (Lipinski definition) is 13. The second-order valence-corrected chi connectivity index (χ2v) is 21.3.